The van der Waals surface area contributed by atoms with Crippen LogP contribution in [0.4, 0.5) is 10.1 Å². The monoisotopic (exact) mass is 333 g/mol. The quantitative estimate of drug-likeness (QED) is 0.361. The van der Waals surface area contributed by atoms with E-state index in [1.165, 1.54) is 25.3 Å². The molecule has 2 aromatic rings. The fraction of sp³-hybridized carbons (Fsp3) is 0.125. The number of nitrogens with zero attached hydrogens (tertiary/aromatic N) is 1. The molecular weight excluding hydrogens is 321 g/mol. The smallest absolute Gasteiger partial charge is 0.341 e. The molecule has 0 fully saturated rings. The molecule has 2 aromatic carbocycles. The third-order valence-corrected chi connectivity index (χ3v) is 3.27. The van der Waals surface area contributed by atoms with Crippen LogP contribution in [0.2, 0.25) is 0 Å². The van der Waals surface area contributed by atoms with Gasteiger partial charge in [-0.3, -0.25) is 14.9 Å². The van der Waals surface area contributed by atoms with E-state index in [-0.39, 0.29) is 11.3 Å². The van der Waals surface area contributed by atoms with E-state index in [1.54, 1.807) is 6.07 Å². The van der Waals surface area contributed by atoms with Gasteiger partial charge in [0.05, 0.1) is 30.3 Å². The Kier molecular flexibility index (Phi) is 4.88. The predicted molar refractivity (Wildman–Crippen MR) is 80.8 cm³/mol. The molecule has 0 saturated heterocycles. The number of nitro benzene ring substituents is 1. The number of carbonyl (C=O) groups is 2. The molecule has 7 nitrogen and oxygen atoms in total. The van der Waals surface area contributed by atoms with Crippen molar-refractivity contribution in [1.82, 2.24) is 0 Å². The molecule has 0 radical (unpaired) electrons. The lowest BCUT2D eigenvalue weighted by atomic mass is 9.99. The molecule has 0 aliphatic carbocycles. The highest BCUT2D eigenvalue weighted by atomic mass is 19.1. The summed E-state index contributed by atoms with van der Waals surface area (Å²) in [5.41, 5.74) is -1.90. The Balaban J connectivity index is 2.68. The van der Waals surface area contributed by atoms with Gasteiger partial charge in [-0.1, -0.05) is 12.1 Å². The van der Waals surface area contributed by atoms with E-state index < -0.39 is 39.3 Å². The molecule has 0 saturated carbocycles. The van der Waals surface area contributed by atoms with Crippen LogP contribution in [-0.4, -0.2) is 30.9 Å². The summed E-state index contributed by atoms with van der Waals surface area (Å²) >= 11 is 0. The number of hydrogen-bond acceptors (Lipinski definition) is 6. The van der Waals surface area contributed by atoms with Gasteiger partial charge >= 0.3 is 5.97 Å². The van der Waals surface area contributed by atoms with Crippen molar-refractivity contribution in [2.45, 2.75) is 0 Å². The Labute approximate surface area is 135 Å². The standard InChI is InChI=1S/C16H12FNO6/c1-23-13-6-4-3-5-10(13)15(19)11-7-9(18(21)22)8-12(14(11)17)16(20)24-2/h3-8H,1-2H3. The van der Waals surface area contributed by atoms with E-state index in [0.29, 0.717) is 0 Å². The van der Waals surface area contributed by atoms with Crippen LogP contribution in [0.5, 0.6) is 5.75 Å². The zero-order chi connectivity index (χ0) is 17.9. The van der Waals surface area contributed by atoms with E-state index in [1.807, 2.05) is 0 Å². The van der Waals surface area contributed by atoms with Crippen LogP contribution in [0, 0.1) is 15.9 Å². The highest BCUT2D eigenvalue weighted by molar-refractivity contribution is 6.12. The lowest BCUT2D eigenvalue weighted by molar-refractivity contribution is -0.385. The number of nitro groups is 1. The van der Waals surface area contributed by atoms with Crippen LogP contribution in [-0.2, 0) is 4.74 Å². The SMILES string of the molecule is COC(=O)c1cc([N+](=O)[O-])cc(C(=O)c2ccccc2OC)c1F. The highest BCUT2D eigenvalue weighted by Gasteiger charge is 2.27. The molecule has 0 spiro atoms. The normalized spacial score (nSPS) is 10.1. The Bertz CT molecular complexity index is 833. The van der Waals surface area contributed by atoms with Crippen molar-refractivity contribution in [1.29, 1.82) is 0 Å². The summed E-state index contributed by atoms with van der Waals surface area (Å²) in [6, 6.07) is 7.52. The molecule has 0 N–H and O–H groups in total. The summed E-state index contributed by atoms with van der Waals surface area (Å²) in [6.45, 7) is 0. The maximum atomic E-state index is 14.5. The second-order valence-corrected chi connectivity index (χ2v) is 4.63. The van der Waals surface area contributed by atoms with Gasteiger partial charge in [0.2, 0.25) is 0 Å². The Morgan fingerprint density at radius 2 is 1.71 bits per heavy atom. The number of ketones is 1. The molecule has 0 aliphatic heterocycles. The number of rotatable bonds is 5. The lowest BCUT2D eigenvalue weighted by Gasteiger charge is -2.10. The first-order chi connectivity index (χ1) is 11.4. The van der Waals surface area contributed by atoms with Gasteiger partial charge in [0, 0.05) is 12.1 Å². The molecule has 0 heterocycles. The van der Waals surface area contributed by atoms with Gasteiger partial charge in [-0.15, -0.1) is 0 Å². The summed E-state index contributed by atoms with van der Waals surface area (Å²) in [5, 5.41) is 11.0. The van der Waals surface area contributed by atoms with Crippen molar-refractivity contribution in [3.05, 3.63) is 69.0 Å². The minimum Gasteiger partial charge on any atom is -0.496 e. The number of esters is 1. The lowest BCUT2D eigenvalue weighted by Crippen LogP contribution is -2.13. The number of benzene rings is 2. The number of ether oxygens (including phenoxy) is 2. The summed E-state index contributed by atoms with van der Waals surface area (Å²) in [4.78, 5) is 34.4. The van der Waals surface area contributed by atoms with E-state index >= 15 is 0 Å². The molecule has 0 aliphatic rings. The molecular formula is C16H12FNO6. The first-order valence-electron chi connectivity index (χ1n) is 6.64. The zero-order valence-corrected chi connectivity index (χ0v) is 12.7. The van der Waals surface area contributed by atoms with Crippen molar-refractivity contribution in [2.24, 2.45) is 0 Å². The first kappa shape index (κ1) is 17.1. The molecule has 24 heavy (non-hydrogen) atoms. The van der Waals surface area contributed by atoms with Gasteiger partial charge in [-0.2, -0.15) is 0 Å². The zero-order valence-electron chi connectivity index (χ0n) is 12.7. The maximum Gasteiger partial charge on any atom is 0.341 e. The predicted octanol–water partition coefficient (Wildman–Crippen LogP) is 2.76. The number of methoxy groups -OCH3 is 2. The second-order valence-electron chi connectivity index (χ2n) is 4.63. The van der Waals surface area contributed by atoms with Crippen molar-refractivity contribution in [3.8, 4) is 5.75 Å². The molecule has 0 bridgehead atoms. The molecule has 2 rings (SSSR count). The van der Waals surface area contributed by atoms with Crippen molar-refractivity contribution < 1.29 is 28.4 Å². The fourth-order valence-corrected chi connectivity index (χ4v) is 2.12. The molecule has 0 atom stereocenters. The van der Waals surface area contributed by atoms with Gasteiger partial charge in [-0.05, 0) is 12.1 Å². The van der Waals surface area contributed by atoms with Crippen LogP contribution < -0.4 is 4.74 Å². The fourth-order valence-electron chi connectivity index (χ4n) is 2.12. The average molecular weight is 333 g/mol. The molecule has 8 heteroatoms. The van der Waals surface area contributed by atoms with Gasteiger partial charge < -0.3 is 9.47 Å². The number of halogens is 1. The first-order valence-corrected chi connectivity index (χ1v) is 6.64. The van der Waals surface area contributed by atoms with Gasteiger partial charge in [0.25, 0.3) is 5.69 Å². The van der Waals surface area contributed by atoms with Crippen LogP contribution >= 0.6 is 0 Å². The van der Waals surface area contributed by atoms with Gasteiger partial charge in [0.15, 0.2) is 5.78 Å². The van der Waals surface area contributed by atoms with Crippen molar-refractivity contribution >= 4 is 17.4 Å². The van der Waals surface area contributed by atoms with Crippen LogP contribution in [0.25, 0.3) is 0 Å². The van der Waals surface area contributed by atoms with Crippen LogP contribution in [0.3, 0.4) is 0 Å². The summed E-state index contributed by atoms with van der Waals surface area (Å²) in [5.74, 6) is -2.99. The third kappa shape index (κ3) is 3.07. The minimum atomic E-state index is -1.19. The topological polar surface area (TPSA) is 95.7 Å². The second kappa shape index (κ2) is 6.86. The number of carbonyl (C=O) groups excluding carboxylic acids is 2. The van der Waals surface area contributed by atoms with Crippen LogP contribution in [0.15, 0.2) is 36.4 Å². The van der Waals surface area contributed by atoms with Crippen LogP contribution in [0.1, 0.15) is 26.3 Å². The van der Waals surface area contributed by atoms with Gasteiger partial charge in [-0.25, -0.2) is 9.18 Å². The number of para-hydroxylation sites is 1. The molecule has 124 valence electrons. The number of hydrogen-bond donors (Lipinski definition) is 0. The number of non-ortho nitro benzene ring substituents is 1. The highest BCUT2D eigenvalue weighted by Crippen LogP contribution is 2.27. The molecule has 0 aromatic heterocycles. The summed E-state index contributed by atoms with van der Waals surface area (Å²) in [6.07, 6.45) is 0. The van der Waals surface area contributed by atoms with Crippen molar-refractivity contribution in [2.75, 3.05) is 14.2 Å². The van der Waals surface area contributed by atoms with Gasteiger partial charge in [0.1, 0.15) is 17.1 Å². The average Bonchev–Trinajstić information content (AvgIpc) is 2.60. The van der Waals surface area contributed by atoms with E-state index in [0.717, 1.165) is 19.2 Å². The summed E-state index contributed by atoms with van der Waals surface area (Å²) in [7, 11) is 2.33. The third-order valence-electron chi connectivity index (χ3n) is 3.27. The Morgan fingerprint density at radius 3 is 2.29 bits per heavy atom. The van der Waals surface area contributed by atoms with E-state index in [9.17, 15) is 24.1 Å². The van der Waals surface area contributed by atoms with Crippen molar-refractivity contribution in [3.63, 3.8) is 0 Å². The summed E-state index contributed by atoms with van der Waals surface area (Å²) < 4.78 is 24.0. The van der Waals surface area contributed by atoms with E-state index in [2.05, 4.69) is 4.74 Å². The Morgan fingerprint density at radius 1 is 1.08 bits per heavy atom. The molecule has 0 amide bonds. The van der Waals surface area contributed by atoms with E-state index in [4.69, 9.17) is 4.74 Å². The largest absolute Gasteiger partial charge is 0.496 e. The minimum absolute atomic E-state index is 0.00946. The maximum absolute atomic E-state index is 14.5. The molecule has 0 unspecified atom stereocenters. The Hall–Kier alpha value is -3.29.